The van der Waals surface area contributed by atoms with Crippen LogP contribution in [0.4, 0.5) is 4.79 Å². The van der Waals surface area contributed by atoms with Crippen molar-refractivity contribution < 1.29 is 14.3 Å². The zero-order valence-corrected chi connectivity index (χ0v) is 14.8. The van der Waals surface area contributed by atoms with Gasteiger partial charge in [-0.15, -0.1) is 5.01 Å². The van der Waals surface area contributed by atoms with E-state index in [2.05, 4.69) is 10.4 Å². The second-order valence-electron chi connectivity index (χ2n) is 6.39. The zero-order chi connectivity index (χ0) is 18.6. The summed E-state index contributed by atoms with van der Waals surface area (Å²) in [7, 11) is 1.58. The fraction of sp³-hybridized carbons (Fsp3) is 0.250. The first kappa shape index (κ1) is 17.7. The highest BCUT2D eigenvalue weighted by molar-refractivity contribution is 6.07. The highest BCUT2D eigenvalue weighted by Crippen LogP contribution is 2.23. The number of hydrogen-bond donors (Lipinski definition) is 1. The molecule has 1 saturated heterocycles. The van der Waals surface area contributed by atoms with Crippen LogP contribution in [0.25, 0.3) is 0 Å². The van der Waals surface area contributed by atoms with Gasteiger partial charge in [0.1, 0.15) is 11.3 Å². The third-order valence-electron chi connectivity index (χ3n) is 4.41. The number of hydrazone groups is 1. The van der Waals surface area contributed by atoms with Gasteiger partial charge in [0.2, 0.25) is 0 Å². The Bertz CT molecular complexity index is 835. The van der Waals surface area contributed by atoms with Crippen molar-refractivity contribution in [2.24, 2.45) is 5.10 Å². The molecule has 0 unspecified atom stereocenters. The Hall–Kier alpha value is -3.15. The highest BCUT2D eigenvalue weighted by atomic mass is 16.5. The first-order chi connectivity index (χ1) is 12.5. The molecule has 6 heteroatoms. The molecular weight excluding hydrogens is 330 g/mol. The fourth-order valence-corrected chi connectivity index (χ4v) is 2.83. The minimum Gasteiger partial charge on any atom is -0.497 e. The first-order valence-corrected chi connectivity index (χ1v) is 8.40. The Balaban J connectivity index is 1.70. The first-order valence-electron chi connectivity index (χ1n) is 8.40. The van der Waals surface area contributed by atoms with Gasteiger partial charge >= 0.3 is 6.03 Å². The molecule has 2 aromatic rings. The van der Waals surface area contributed by atoms with Crippen LogP contribution < -0.4 is 10.1 Å². The molecule has 3 rings (SSSR count). The normalized spacial score (nSPS) is 19.8. The van der Waals surface area contributed by atoms with Crippen LogP contribution in [0.1, 0.15) is 24.5 Å². The van der Waals surface area contributed by atoms with Crippen molar-refractivity contribution >= 4 is 18.2 Å². The van der Waals surface area contributed by atoms with Gasteiger partial charge in [0.05, 0.1) is 13.3 Å². The number of nitrogens with zero attached hydrogens (tertiary/aromatic N) is 2. The minimum absolute atomic E-state index is 0.349. The molecule has 134 valence electrons. The molecule has 1 atom stereocenters. The van der Waals surface area contributed by atoms with Crippen molar-refractivity contribution in [2.45, 2.75) is 25.3 Å². The summed E-state index contributed by atoms with van der Waals surface area (Å²) in [5, 5.41) is 7.72. The van der Waals surface area contributed by atoms with E-state index in [1.165, 1.54) is 6.21 Å². The predicted molar refractivity (Wildman–Crippen MR) is 99.1 cm³/mol. The largest absolute Gasteiger partial charge is 0.497 e. The molecule has 0 spiro atoms. The predicted octanol–water partition coefficient (Wildman–Crippen LogP) is 2.97. The van der Waals surface area contributed by atoms with Crippen LogP contribution in [0.3, 0.4) is 0 Å². The molecule has 1 heterocycles. The minimum atomic E-state index is -0.960. The molecule has 0 saturated carbocycles. The molecule has 1 fully saturated rings. The lowest BCUT2D eigenvalue weighted by Crippen LogP contribution is -2.44. The van der Waals surface area contributed by atoms with Crippen molar-refractivity contribution in [1.82, 2.24) is 10.3 Å². The molecular formula is C20H21N3O3. The number of methoxy groups -OCH3 is 1. The lowest BCUT2D eigenvalue weighted by atomic mass is 9.93. The monoisotopic (exact) mass is 351 g/mol. The Kier molecular flexibility index (Phi) is 5.02. The number of carbonyl (C=O) groups is 2. The van der Waals surface area contributed by atoms with Crippen LogP contribution in [-0.2, 0) is 11.2 Å². The quantitative estimate of drug-likeness (QED) is 0.642. The van der Waals surface area contributed by atoms with Gasteiger partial charge in [-0.1, -0.05) is 42.5 Å². The maximum absolute atomic E-state index is 12.7. The molecule has 0 aromatic heterocycles. The van der Waals surface area contributed by atoms with E-state index >= 15 is 0 Å². The summed E-state index contributed by atoms with van der Waals surface area (Å²) in [5.74, 6) is 0.330. The lowest BCUT2D eigenvalue weighted by Gasteiger charge is -2.20. The van der Waals surface area contributed by atoms with Gasteiger partial charge in [0, 0.05) is 0 Å². The maximum atomic E-state index is 12.7. The second-order valence-corrected chi connectivity index (χ2v) is 6.39. The fourth-order valence-electron chi connectivity index (χ4n) is 2.83. The van der Waals surface area contributed by atoms with E-state index in [0.717, 1.165) is 16.1 Å². The smallest absolute Gasteiger partial charge is 0.346 e. The number of urea groups is 1. The maximum Gasteiger partial charge on any atom is 0.346 e. The van der Waals surface area contributed by atoms with E-state index in [0.29, 0.717) is 18.6 Å². The number of rotatable bonds is 6. The van der Waals surface area contributed by atoms with Gasteiger partial charge in [-0.25, -0.2) is 4.79 Å². The number of hydrogen-bond acceptors (Lipinski definition) is 4. The average Bonchev–Trinajstić information content (AvgIpc) is 2.88. The number of amides is 3. The number of benzene rings is 2. The van der Waals surface area contributed by atoms with E-state index in [9.17, 15) is 9.59 Å². The average molecular weight is 351 g/mol. The van der Waals surface area contributed by atoms with Crippen molar-refractivity contribution in [1.29, 1.82) is 0 Å². The summed E-state index contributed by atoms with van der Waals surface area (Å²) < 4.78 is 5.15. The van der Waals surface area contributed by atoms with E-state index < -0.39 is 11.6 Å². The third kappa shape index (κ3) is 3.74. The van der Waals surface area contributed by atoms with Gasteiger partial charge < -0.3 is 10.1 Å². The number of imide groups is 1. The zero-order valence-electron chi connectivity index (χ0n) is 14.8. The van der Waals surface area contributed by atoms with Gasteiger partial charge in [0.25, 0.3) is 5.91 Å². The Morgan fingerprint density at radius 1 is 1.15 bits per heavy atom. The van der Waals surface area contributed by atoms with Crippen molar-refractivity contribution in [3.63, 3.8) is 0 Å². The van der Waals surface area contributed by atoms with E-state index in [-0.39, 0.29) is 5.91 Å². The third-order valence-corrected chi connectivity index (χ3v) is 4.41. The van der Waals surface area contributed by atoms with Gasteiger partial charge in [-0.3, -0.25) is 4.79 Å². The number of ether oxygens (including phenoxy) is 1. The molecule has 26 heavy (non-hydrogen) atoms. The van der Waals surface area contributed by atoms with Crippen LogP contribution in [-0.4, -0.2) is 35.8 Å². The molecule has 6 nitrogen and oxygen atoms in total. The summed E-state index contributed by atoms with van der Waals surface area (Å²) in [6.07, 6.45) is 2.67. The highest BCUT2D eigenvalue weighted by Gasteiger charge is 2.47. The summed E-state index contributed by atoms with van der Waals surface area (Å²) in [6, 6.07) is 16.6. The molecule has 3 amide bonds. The molecule has 1 N–H and O–H groups in total. The number of nitrogens with one attached hydrogen (secondary N) is 1. The molecule has 2 aromatic carbocycles. The van der Waals surface area contributed by atoms with Crippen LogP contribution in [0.2, 0.25) is 0 Å². The molecule has 1 aliphatic heterocycles. The Morgan fingerprint density at radius 2 is 1.92 bits per heavy atom. The van der Waals surface area contributed by atoms with Gasteiger partial charge in [-0.05, 0) is 43.0 Å². The standard InChI is InChI=1S/C20H21N3O3/c1-20(12-11-15-7-4-3-5-8-15)18(24)23(19(25)22-20)21-14-16-9-6-10-17(13-16)26-2/h3-10,13-14H,11-12H2,1-2H3,(H,22,25)/b21-14-/t20-/m1/s1. The van der Waals surface area contributed by atoms with E-state index in [1.807, 2.05) is 48.5 Å². The second kappa shape index (κ2) is 7.39. The molecule has 0 bridgehead atoms. The van der Waals surface area contributed by atoms with Gasteiger partial charge in [0.15, 0.2) is 0 Å². The lowest BCUT2D eigenvalue weighted by molar-refractivity contribution is -0.130. The van der Waals surface area contributed by atoms with E-state index in [4.69, 9.17) is 4.74 Å². The summed E-state index contributed by atoms with van der Waals surface area (Å²) in [5.41, 5.74) is 0.899. The van der Waals surface area contributed by atoms with Crippen LogP contribution in [0, 0.1) is 0 Å². The van der Waals surface area contributed by atoms with Crippen molar-refractivity contribution in [2.75, 3.05) is 7.11 Å². The Labute approximate surface area is 152 Å². The van der Waals surface area contributed by atoms with Crippen LogP contribution in [0.5, 0.6) is 5.75 Å². The van der Waals surface area contributed by atoms with Crippen molar-refractivity contribution in [3.05, 3.63) is 65.7 Å². The van der Waals surface area contributed by atoms with Crippen LogP contribution in [0.15, 0.2) is 59.7 Å². The van der Waals surface area contributed by atoms with Crippen molar-refractivity contribution in [3.8, 4) is 5.75 Å². The molecule has 1 aliphatic rings. The summed E-state index contributed by atoms with van der Waals surface area (Å²) >= 11 is 0. The topological polar surface area (TPSA) is 71.0 Å². The summed E-state index contributed by atoms with van der Waals surface area (Å²) in [6.45, 7) is 1.73. The molecule has 0 aliphatic carbocycles. The SMILES string of the molecule is COc1cccc(/C=N\N2C(=O)N[C@](C)(CCc3ccccc3)C2=O)c1. The van der Waals surface area contributed by atoms with E-state index in [1.54, 1.807) is 20.1 Å². The van der Waals surface area contributed by atoms with Gasteiger partial charge in [-0.2, -0.15) is 5.10 Å². The number of carbonyl (C=O) groups excluding carboxylic acids is 2. The summed E-state index contributed by atoms with van der Waals surface area (Å²) in [4.78, 5) is 24.9. The van der Waals surface area contributed by atoms with Crippen LogP contribution >= 0.6 is 0 Å². The number of aryl methyl sites for hydroxylation is 1. The Morgan fingerprint density at radius 3 is 2.65 bits per heavy atom. The molecule has 0 radical (unpaired) electrons.